The largest absolute Gasteiger partial charge is 0.435 e. The van der Waals surface area contributed by atoms with Gasteiger partial charge in [-0.25, -0.2) is 14.4 Å². The van der Waals surface area contributed by atoms with Crippen LogP contribution in [0.1, 0.15) is 33.1 Å². The van der Waals surface area contributed by atoms with Gasteiger partial charge in [-0.2, -0.15) is 8.78 Å². The Kier molecular flexibility index (Phi) is 7.25. The van der Waals surface area contributed by atoms with Crippen molar-refractivity contribution < 1.29 is 27.8 Å². The number of halogens is 3. The van der Waals surface area contributed by atoms with E-state index in [1.807, 2.05) is 0 Å². The molecule has 0 aliphatic heterocycles. The van der Waals surface area contributed by atoms with Crippen LogP contribution in [0.25, 0.3) is 0 Å². The summed E-state index contributed by atoms with van der Waals surface area (Å²) >= 11 is 0. The fourth-order valence-corrected chi connectivity index (χ4v) is 2.74. The third-order valence-corrected chi connectivity index (χ3v) is 4.21. The fraction of sp³-hybridized carbons (Fsp3) is 0.136. The van der Waals surface area contributed by atoms with E-state index in [4.69, 9.17) is 5.73 Å². The van der Waals surface area contributed by atoms with Gasteiger partial charge in [0, 0.05) is 18.0 Å². The molecule has 3 rings (SSSR count). The number of hydrogen-bond donors (Lipinski definition) is 3. The van der Waals surface area contributed by atoms with E-state index < -0.39 is 31.0 Å². The molecule has 164 valence electrons. The number of nitrogens with zero attached hydrogens (tertiary/aromatic N) is 2. The van der Waals surface area contributed by atoms with Crippen LogP contribution in [0.2, 0.25) is 0 Å². The van der Waals surface area contributed by atoms with Crippen molar-refractivity contribution in [3.05, 3.63) is 82.9 Å². The van der Waals surface area contributed by atoms with Gasteiger partial charge in [0.1, 0.15) is 11.6 Å². The highest BCUT2D eigenvalue weighted by Crippen LogP contribution is 2.21. The highest BCUT2D eigenvalue weighted by atomic mass is 19.3. The Labute approximate surface area is 181 Å². The molecule has 0 unspecified atom stereocenters. The van der Waals surface area contributed by atoms with Crippen molar-refractivity contribution in [3.8, 4) is 17.6 Å². The number of nitrogens with one attached hydrogen (secondary N) is 1. The third-order valence-electron chi connectivity index (χ3n) is 4.21. The van der Waals surface area contributed by atoms with E-state index in [-0.39, 0.29) is 22.8 Å². The summed E-state index contributed by atoms with van der Waals surface area (Å²) in [5, 5.41) is 12.2. The molecule has 32 heavy (non-hydrogen) atoms. The molecule has 7 nitrogen and oxygen atoms in total. The average molecular weight is 442 g/mol. The normalized spacial score (nSPS) is 11.4. The van der Waals surface area contributed by atoms with Gasteiger partial charge in [0.25, 0.3) is 5.91 Å². The van der Waals surface area contributed by atoms with E-state index in [1.54, 1.807) is 6.07 Å². The number of alkyl halides is 2. The summed E-state index contributed by atoms with van der Waals surface area (Å²) in [6.45, 7) is -3.56. The summed E-state index contributed by atoms with van der Waals surface area (Å²) in [5.41, 5.74) is 6.26. The first-order valence-corrected chi connectivity index (χ1v) is 9.21. The lowest BCUT2D eigenvalue weighted by atomic mass is 10.0. The van der Waals surface area contributed by atoms with Crippen LogP contribution in [-0.2, 0) is 0 Å². The smallest absolute Gasteiger partial charge is 0.387 e. The number of carbonyl (C=O) groups excluding carboxylic acids is 1. The van der Waals surface area contributed by atoms with Crippen molar-refractivity contribution in [1.29, 1.82) is 0 Å². The second-order valence-electron chi connectivity index (χ2n) is 6.43. The number of hydrogen-bond acceptors (Lipinski definition) is 6. The third kappa shape index (κ3) is 5.96. The molecule has 3 aromatic rings. The minimum absolute atomic E-state index is 0.0327. The molecule has 2 aromatic carbocycles. The average Bonchev–Trinajstić information content (AvgIpc) is 2.76. The van der Waals surface area contributed by atoms with E-state index in [1.165, 1.54) is 48.8 Å². The maximum Gasteiger partial charge on any atom is 0.387 e. The molecule has 0 aliphatic carbocycles. The van der Waals surface area contributed by atoms with Gasteiger partial charge in [-0.3, -0.25) is 4.79 Å². The number of nitrogen functional groups attached to an aromatic ring is 1. The maximum atomic E-state index is 13.5. The number of benzene rings is 2. The van der Waals surface area contributed by atoms with Crippen LogP contribution in [-0.4, -0.2) is 34.2 Å². The van der Waals surface area contributed by atoms with Crippen LogP contribution in [0.15, 0.2) is 54.9 Å². The molecule has 10 heteroatoms. The monoisotopic (exact) mass is 442 g/mol. The quantitative estimate of drug-likeness (QED) is 0.507. The molecule has 0 saturated carbocycles. The Morgan fingerprint density at radius 1 is 1.16 bits per heavy atom. The lowest BCUT2D eigenvalue weighted by Crippen LogP contribution is -2.31. The Bertz CT molecular complexity index is 1160. The highest BCUT2D eigenvalue weighted by Gasteiger charge is 2.18. The number of aromatic nitrogens is 2. The second-order valence-corrected chi connectivity index (χ2v) is 6.43. The van der Waals surface area contributed by atoms with Crippen LogP contribution in [0.4, 0.5) is 19.1 Å². The number of aliphatic hydroxyl groups excluding tert-OH is 1. The van der Waals surface area contributed by atoms with Gasteiger partial charge in [-0.15, -0.1) is 0 Å². The minimum atomic E-state index is -3.06. The number of amides is 1. The molecule has 1 atom stereocenters. The van der Waals surface area contributed by atoms with E-state index in [0.29, 0.717) is 11.1 Å². The van der Waals surface area contributed by atoms with Crippen LogP contribution in [0, 0.1) is 17.7 Å². The number of ether oxygens (including phenoxy) is 1. The van der Waals surface area contributed by atoms with Gasteiger partial charge in [0.15, 0.2) is 0 Å². The number of aliphatic hydroxyl groups is 1. The first-order valence-electron chi connectivity index (χ1n) is 9.21. The summed E-state index contributed by atoms with van der Waals surface area (Å²) < 4.78 is 43.1. The van der Waals surface area contributed by atoms with Gasteiger partial charge >= 0.3 is 6.61 Å². The summed E-state index contributed by atoms with van der Waals surface area (Å²) in [4.78, 5) is 20.5. The summed E-state index contributed by atoms with van der Waals surface area (Å²) in [5.74, 6) is 4.09. The summed E-state index contributed by atoms with van der Waals surface area (Å²) in [6, 6.07) is 8.14. The predicted octanol–water partition coefficient (Wildman–Crippen LogP) is 2.66. The van der Waals surface area contributed by atoms with Crippen molar-refractivity contribution in [2.75, 3.05) is 12.3 Å². The maximum absolute atomic E-state index is 13.5. The molecule has 1 amide bonds. The highest BCUT2D eigenvalue weighted by molar-refractivity contribution is 5.97. The van der Waals surface area contributed by atoms with Crippen molar-refractivity contribution in [3.63, 3.8) is 0 Å². The zero-order valence-corrected chi connectivity index (χ0v) is 16.4. The Morgan fingerprint density at radius 3 is 2.56 bits per heavy atom. The lowest BCUT2D eigenvalue weighted by Gasteiger charge is -2.18. The lowest BCUT2D eigenvalue weighted by molar-refractivity contribution is -0.0498. The Hall–Kier alpha value is -4.10. The number of anilines is 1. The van der Waals surface area contributed by atoms with Crippen molar-refractivity contribution in [1.82, 2.24) is 15.3 Å². The van der Waals surface area contributed by atoms with Crippen LogP contribution in [0.3, 0.4) is 0 Å². The first-order chi connectivity index (χ1) is 15.4. The van der Waals surface area contributed by atoms with Gasteiger partial charge in [0.05, 0.1) is 23.8 Å². The van der Waals surface area contributed by atoms with E-state index in [9.17, 15) is 23.1 Å². The molecule has 0 saturated heterocycles. The molecular weight excluding hydrogens is 425 g/mol. The predicted molar refractivity (Wildman–Crippen MR) is 109 cm³/mol. The van der Waals surface area contributed by atoms with Gasteiger partial charge in [-0.1, -0.05) is 24.0 Å². The second kappa shape index (κ2) is 10.3. The van der Waals surface area contributed by atoms with Crippen molar-refractivity contribution >= 4 is 11.9 Å². The number of rotatable bonds is 6. The van der Waals surface area contributed by atoms with E-state index >= 15 is 0 Å². The summed E-state index contributed by atoms with van der Waals surface area (Å²) in [6.07, 6.45) is 2.72. The van der Waals surface area contributed by atoms with Gasteiger partial charge in [0.2, 0.25) is 5.95 Å². The topological polar surface area (TPSA) is 110 Å². The molecule has 0 aliphatic rings. The molecule has 0 spiro atoms. The SMILES string of the molecule is Nc1ncc(C#Cc2cc(OC(F)F)ccc2C(=O)N[C@H](CO)c2cccc(F)c2)cn1. The van der Waals surface area contributed by atoms with Crippen molar-refractivity contribution in [2.24, 2.45) is 0 Å². The standard InChI is InChI=1S/C22H17F3N4O3/c23-16-3-1-2-15(8-16)19(12-30)29-20(31)18-7-6-17(32-21(24)25)9-14(18)5-4-13-10-27-22(26)28-11-13/h1-3,6-11,19,21,30H,12H2,(H,29,31)(H2,26,27,28)/t19-/m1/s1. The molecule has 1 aromatic heterocycles. The first kappa shape index (κ1) is 22.6. The Balaban J connectivity index is 1.93. The van der Waals surface area contributed by atoms with Crippen LogP contribution >= 0.6 is 0 Å². The van der Waals surface area contributed by atoms with E-state index in [2.05, 4.69) is 31.9 Å². The fourth-order valence-electron chi connectivity index (χ4n) is 2.74. The zero-order valence-electron chi connectivity index (χ0n) is 16.4. The van der Waals surface area contributed by atoms with Gasteiger partial charge < -0.3 is 20.9 Å². The summed E-state index contributed by atoms with van der Waals surface area (Å²) in [7, 11) is 0. The molecule has 0 fully saturated rings. The molecule has 0 radical (unpaired) electrons. The van der Waals surface area contributed by atoms with Crippen LogP contribution < -0.4 is 15.8 Å². The molecule has 0 bridgehead atoms. The van der Waals surface area contributed by atoms with E-state index in [0.717, 1.165) is 0 Å². The minimum Gasteiger partial charge on any atom is -0.435 e. The van der Waals surface area contributed by atoms with Gasteiger partial charge in [-0.05, 0) is 35.9 Å². The molecule has 4 N–H and O–H groups in total. The molecular formula is C22H17F3N4O3. The Morgan fingerprint density at radius 2 is 1.91 bits per heavy atom. The molecule has 1 heterocycles. The zero-order chi connectivity index (χ0) is 23.1. The van der Waals surface area contributed by atoms with Crippen molar-refractivity contribution in [2.45, 2.75) is 12.7 Å². The number of nitrogens with two attached hydrogens (primary N) is 1. The number of carbonyl (C=O) groups is 1. The van der Waals surface area contributed by atoms with Crippen LogP contribution in [0.5, 0.6) is 5.75 Å².